The second kappa shape index (κ2) is 5.87. The van der Waals surface area contributed by atoms with Crippen LogP contribution in [0.2, 0.25) is 0 Å². The molecule has 18 heavy (non-hydrogen) atoms. The van der Waals surface area contributed by atoms with Crippen LogP contribution in [0.5, 0.6) is 0 Å². The van der Waals surface area contributed by atoms with Crippen LogP contribution >= 0.6 is 0 Å². The Bertz CT molecular complexity index is 426. The third-order valence-electron chi connectivity index (χ3n) is 3.09. The minimum atomic E-state index is 0.00249. The predicted molar refractivity (Wildman–Crippen MR) is 72.2 cm³/mol. The van der Waals surface area contributed by atoms with E-state index >= 15 is 0 Å². The number of carbonyl (C=O) groups excluding carboxylic acids is 1. The molecule has 0 saturated carbocycles. The fourth-order valence-electron chi connectivity index (χ4n) is 2.17. The van der Waals surface area contributed by atoms with Gasteiger partial charge in [-0.1, -0.05) is 11.6 Å². The number of benzene rings is 1. The number of hydrogen-bond donors (Lipinski definition) is 1. The average molecular weight is 248 g/mol. The molecule has 0 aromatic heterocycles. The van der Waals surface area contributed by atoms with Gasteiger partial charge in [-0.05, 0) is 26.0 Å². The van der Waals surface area contributed by atoms with E-state index in [1.165, 1.54) is 0 Å². The maximum absolute atomic E-state index is 12.1. The zero-order valence-corrected chi connectivity index (χ0v) is 11.0. The topological polar surface area (TPSA) is 41.6 Å². The van der Waals surface area contributed by atoms with E-state index in [4.69, 9.17) is 4.74 Å². The Morgan fingerprint density at radius 3 is 2.78 bits per heavy atom. The van der Waals surface area contributed by atoms with Crippen molar-refractivity contribution in [1.82, 2.24) is 5.32 Å². The van der Waals surface area contributed by atoms with Gasteiger partial charge in [-0.3, -0.25) is 4.79 Å². The zero-order valence-electron chi connectivity index (χ0n) is 11.0. The first kappa shape index (κ1) is 12.9. The number of rotatable bonds is 3. The first-order chi connectivity index (χ1) is 8.72. The average Bonchev–Trinajstić information content (AvgIpc) is 2.40. The molecule has 4 nitrogen and oxygen atoms in total. The molecule has 1 saturated heterocycles. The van der Waals surface area contributed by atoms with Gasteiger partial charge >= 0.3 is 0 Å². The maximum Gasteiger partial charge on any atom is 0.253 e. The predicted octanol–water partition coefficient (Wildman–Crippen LogP) is 1.58. The van der Waals surface area contributed by atoms with E-state index in [1.807, 2.05) is 32.0 Å². The number of ether oxygens (including phenoxy) is 1. The smallest absolute Gasteiger partial charge is 0.253 e. The van der Waals surface area contributed by atoms with Gasteiger partial charge in [0, 0.05) is 25.3 Å². The van der Waals surface area contributed by atoms with Crippen LogP contribution in [0, 0.1) is 6.92 Å². The third kappa shape index (κ3) is 2.82. The molecule has 0 bridgehead atoms. The van der Waals surface area contributed by atoms with Crippen LogP contribution in [0.4, 0.5) is 5.69 Å². The van der Waals surface area contributed by atoms with Gasteiger partial charge in [-0.15, -0.1) is 0 Å². The monoisotopic (exact) mass is 248 g/mol. The highest BCUT2D eigenvalue weighted by atomic mass is 16.5. The van der Waals surface area contributed by atoms with Gasteiger partial charge in [-0.25, -0.2) is 0 Å². The molecular weight excluding hydrogens is 228 g/mol. The second-order valence-corrected chi connectivity index (χ2v) is 4.48. The van der Waals surface area contributed by atoms with Crippen molar-refractivity contribution in [2.75, 3.05) is 37.7 Å². The first-order valence-corrected chi connectivity index (χ1v) is 6.44. The number of nitrogens with zero attached hydrogens (tertiary/aromatic N) is 1. The Hall–Kier alpha value is -1.55. The van der Waals surface area contributed by atoms with Crippen LogP contribution in [0.1, 0.15) is 22.8 Å². The Balaban J connectivity index is 2.30. The van der Waals surface area contributed by atoms with Crippen molar-refractivity contribution in [2.45, 2.75) is 13.8 Å². The van der Waals surface area contributed by atoms with Crippen molar-refractivity contribution in [1.29, 1.82) is 0 Å². The van der Waals surface area contributed by atoms with E-state index in [0.29, 0.717) is 6.54 Å². The van der Waals surface area contributed by atoms with Gasteiger partial charge in [0.2, 0.25) is 0 Å². The van der Waals surface area contributed by atoms with Crippen LogP contribution in [-0.4, -0.2) is 38.8 Å². The first-order valence-electron chi connectivity index (χ1n) is 6.44. The van der Waals surface area contributed by atoms with Gasteiger partial charge < -0.3 is 15.0 Å². The summed E-state index contributed by atoms with van der Waals surface area (Å²) >= 11 is 0. The van der Waals surface area contributed by atoms with Crippen LogP contribution in [0.15, 0.2) is 18.2 Å². The molecule has 0 aliphatic carbocycles. The molecule has 1 N–H and O–H groups in total. The summed E-state index contributed by atoms with van der Waals surface area (Å²) in [6, 6.07) is 6.04. The van der Waals surface area contributed by atoms with Crippen LogP contribution in [-0.2, 0) is 4.74 Å². The summed E-state index contributed by atoms with van der Waals surface area (Å²) < 4.78 is 5.35. The van der Waals surface area contributed by atoms with Gasteiger partial charge in [0.05, 0.1) is 18.8 Å². The van der Waals surface area contributed by atoms with Gasteiger partial charge in [0.15, 0.2) is 0 Å². The highest BCUT2D eigenvalue weighted by molar-refractivity contribution is 6.00. The number of amides is 1. The molecule has 98 valence electrons. The largest absolute Gasteiger partial charge is 0.378 e. The lowest BCUT2D eigenvalue weighted by atomic mass is 10.1. The minimum Gasteiger partial charge on any atom is -0.378 e. The van der Waals surface area contributed by atoms with Crippen molar-refractivity contribution < 1.29 is 9.53 Å². The summed E-state index contributed by atoms with van der Waals surface area (Å²) in [5, 5.41) is 2.87. The van der Waals surface area contributed by atoms with Crippen LogP contribution in [0.25, 0.3) is 0 Å². The molecule has 0 radical (unpaired) electrons. The maximum atomic E-state index is 12.1. The second-order valence-electron chi connectivity index (χ2n) is 4.48. The van der Waals surface area contributed by atoms with Gasteiger partial charge in [0.25, 0.3) is 5.91 Å². The van der Waals surface area contributed by atoms with E-state index in [1.54, 1.807) is 0 Å². The molecule has 0 unspecified atom stereocenters. The Morgan fingerprint density at radius 2 is 2.11 bits per heavy atom. The van der Waals surface area contributed by atoms with Crippen molar-refractivity contribution in [3.8, 4) is 0 Å². The van der Waals surface area contributed by atoms with E-state index in [2.05, 4.69) is 10.2 Å². The summed E-state index contributed by atoms with van der Waals surface area (Å²) in [6.07, 6.45) is 0. The van der Waals surface area contributed by atoms with E-state index in [9.17, 15) is 4.79 Å². The van der Waals surface area contributed by atoms with Crippen molar-refractivity contribution in [2.24, 2.45) is 0 Å². The number of aryl methyl sites for hydroxylation is 1. The lowest BCUT2D eigenvalue weighted by molar-refractivity contribution is 0.0954. The summed E-state index contributed by atoms with van der Waals surface area (Å²) in [5.74, 6) is 0.00249. The van der Waals surface area contributed by atoms with E-state index in [0.717, 1.165) is 43.1 Å². The fourth-order valence-corrected chi connectivity index (χ4v) is 2.17. The van der Waals surface area contributed by atoms with Gasteiger partial charge in [-0.2, -0.15) is 0 Å². The fraction of sp³-hybridized carbons (Fsp3) is 0.500. The number of hydrogen-bond acceptors (Lipinski definition) is 3. The lowest BCUT2D eigenvalue weighted by Crippen LogP contribution is -2.38. The van der Waals surface area contributed by atoms with Crippen molar-refractivity contribution in [3.63, 3.8) is 0 Å². The molecule has 2 rings (SSSR count). The number of morpholine rings is 1. The molecule has 1 aliphatic rings. The highest BCUT2D eigenvalue weighted by Crippen LogP contribution is 2.23. The summed E-state index contributed by atoms with van der Waals surface area (Å²) in [4.78, 5) is 14.3. The Labute approximate surface area is 108 Å². The number of nitrogens with one attached hydrogen (secondary N) is 1. The van der Waals surface area contributed by atoms with Crippen molar-refractivity contribution >= 4 is 11.6 Å². The van der Waals surface area contributed by atoms with Crippen molar-refractivity contribution in [3.05, 3.63) is 29.3 Å². The summed E-state index contributed by atoms with van der Waals surface area (Å²) in [6.45, 7) is 7.72. The molecule has 1 fully saturated rings. The summed E-state index contributed by atoms with van der Waals surface area (Å²) in [5.41, 5.74) is 2.88. The molecule has 1 aliphatic heterocycles. The minimum absolute atomic E-state index is 0.00249. The standard InChI is InChI=1S/C14H20N2O2/c1-3-15-14(17)12-10-11(2)4-5-13(12)16-6-8-18-9-7-16/h4-5,10H,3,6-9H2,1-2H3,(H,15,17). The molecule has 1 amide bonds. The molecule has 1 aromatic carbocycles. The summed E-state index contributed by atoms with van der Waals surface area (Å²) in [7, 11) is 0. The Kier molecular flexibility index (Phi) is 4.20. The molecule has 4 heteroatoms. The molecule has 0 atom stereocenters. The zero-order chi connectivity index (χ0) is 13.0. The molecule has 1 heterocycles. The Morgan fingerprint density at radius 1 is 1.39 bits per heavy atom. The normalized spacial score (nSPS) is 15.6. The number of carbonyl (C=O) groups is 1. The quantitative estimate of drug-likeness (QED) is 0.883. The van der Waals surface area contributed by atoms with Crippen LogP contribution < -0.4 is 10.2 Å². The highest BCUT2D eigenvalue weighted by Gasteiger charge is 2.18. The molecule has 0 spiro atoms. The van der Waals surface area contributed by atoms with Gasteiger partial charge in [0.1, 0.15) is 0 Å². The molecule has 1 aromatic rings. The third-order valence-corrected chi connectivity index (χ3v) is 3.09. The van der Waals surface area contributed by atoms with E-state index < -0.39 is 0 Å². The SMILES string of the molecule is CCNC(=O)c1cc(C)ccc1N1CCOCC1. The number of anilines is 1. The van der Waals surface area contributed by atoms with E-state index in [-0.39, 0.29) is 5.91 Å². The molecular formula is C14H20N2O2. The van der Waals surface area contributed by atoms with Crippen LogP contribution in [0.3, 0.4) is 0 Å². The lowest BCUT2D eigenvalue weighted by Gasteiger charge is -2.30.